The number of hydrogen-bond donors (Lipinski definition) is 1. The average molecular weight is 327 g/mol. The Morgan fingerprint density at radius 2 is 2.12 bits per heavy atom. The Bertz CT molecular complexity index is 678. The maximum Gasteiger partial charge on any atom is 0.322 e. The molecule has 0 saturated carbocycles. The third-order valence-electron chi connectivity index (χ3n) is 4.54. The van der Waals surface area contributed by atoms with Gasteiger partial charge in [0.1, 0.15) is 11.5 Å². The second-order valence-corrected chi connectivity index (χ2v) is 6.30. The van der Waals surface area contributed by atoms with E-state index in [-0.39, 0.29) is 12.1 Å². The summed E-state index contributed by atoms with van der Waals surface area (Å²) >= 11 is 0. The monoisotopic (exact) mass is 327 g/mol. The first kappa shape index (κ1) is 16.6. The highest BCUT2D eigenvalue weighted by Gasteiger charge is 2.32. The van der Waals surface area contributed by atoms with Crippen LogP contribution in [0, 0.1) is 0 Å². The average Bonchev–Trinajstić information content (AvgIpc) is 3.24. The molecule has 2 heterocycles. The number of anilines is 1. The lowest BCUT2D eigenvalue weighted by Crippen LogP contribution is -2.34. The number of urea groups is 1. The standard InChI is InChI=1S/C19H25N3O2/c1-3-6-16-13-17(21-24-16)18-7-5-12-22(18)19(23)20-15-10-8-14(4-2)9-11-15/h8-11,13,18H,3-7,12H2,1-2H3,(H,20,23). The lowest BCUT2D eigenvalue weighted by atomic mass is 10.1. The van der Waals surface area contributed by atoms with Gasteiger partial charge in [0.25, 0.3) is 0 Å². The van der Waals surface area contributed by atoms with Crippen molar-refractivity contribution in [3.63, 3.8) is 0 Å². The van der Waals surface area contributed by atoms with Gasteiger partial charge in [0.15, 0.2) is 0 Å². The Balaban J connectivity index is 1.68. The van der Waals surface area contributed by atoms with Crippen LogP contribution in [-0.4, -0.2) is 22.6 Å². The molecule has 1 aromatic carbocycles. The van der Waals surface area contributed by atoms with Crippen LogP contribution in [0.2, 0.25) is 0 Å². The molecule has 1 atom stereocenters. The highest BCUT2D eigenvalue weighted by atomic mass is 16.5. The van der Waals surface area contributed by atoms with Crippen LogP contribution in [0.3, 0.4) is 0 Å². The van der Waals surface area contributed by atoms with Gasteiger partial charge in [0, 0.05) is 24.7 Å². The minimum Gasteiger partial charge on any atom is -0.361 e. The zero-order valence-electron chi connectivity index (χ0n) is 14.4. The number of carbonyl (C=O) groups excluding carboxylic acids is 1. The van der Waals surface area contributed by atoms with Crippen molar-refractivity contribution < 1.29 is 9.32 Å². The van der Waals surface area contributed by atoms with E-state index in [1.165, 1.54) is 5.56 Å². The molecule has 24 heavy (non-hydrogen) atoms. The maximum absolute atomic E-state index is 12.6. The van der Waals surface area contributed by atoms with Crippen molar-refractivity contribution in [2.24, 2.45) is 0 Å². The Morgan fingerprint density at radius 1 is 1.33 bits per heavy atom. The van der Waals surface area contributed by atoms with Gasteiger partial charge in [-0.05, 0) is 43.4 Å². The van der Waals surface area contributed by atoms with E-state index in [0.717, 1.165) is 55.8 Å². The fourth-order valence-corrected chi connectivity index (χ4v) is 3.19. The van der Waals surface area contributed by atoms with Crippen LogP contribution in [0.25, 0.3) is 0 Å². The van der Waals surface area contributed by atoms with Gasteiger partial charge in [-0.3, -0.25) is 0 Å². The summed E-state index contributed by atoms with van der Waals surface area (Å²) in [5.41, 5.74) is 2.96. The van der Waals surface area contributed by atoms with Crippen molar-refractivity contribution in [3.05, 3.63) is 47.3 Å². The van der Waals surface area contributed by atoms with E-state index < -0.39 is 0 Å². The summed E-state index contributed by atoms with van der Waals surface area (Å²) in [5.74, 6) is 0.898. The lowest BCUT2D eigenvalue weighted by Gasteiger charge is -2.23. The van der Waals surface area contributed by atoms with Crippen molar-refractivity contribution in [2.75, 3.05) is 11.9 Å². The summed E-state index contributed by atoms with van der Waals surface area (Å²) in [6.07, 6.45) is 4.82. The molecular formula is C19H25N3O2. The zero-order valence-corrected chi connectivity index (χ0v) is 14.4. The number of aromatic nitrogens is 1. The summed E-state index contributed by atoms with van der Waals surface area (Å²) in [6.45, 7) is 4.98. The van der Waals surface area contributed by atoms with Crippen LogP contribution in [0.15, 0.2) is 34.9 Å². The number of nitrogens with one attached hydrogen (secondary N) is 1. The van der Waals surface area contributed by atoms with Gasteiger partial charge in [-0.25, -0.2) is 4.79 Å². The van der Waals surface area contributed by atoms with Crippen molar-refractivity contribution in [1.82, 2.24) is 10.1 Å². The molecule has 0 aliphatic carbocycles. The van der Waals surface area contributed by atoms with Gasteiger partial charge in [-0.15, -0.1) is 0 Å². The molecule has 1 N–H and O–H groups in total. The molecular weight excluding hydrogens is 302 g/mol. The summed E-state index contributed by atoms with van der Waals surface area (Å²) in [5, 5.41) is 7.18. The van der Waals surface area contributed by atoms with Crippen LogP contribution in [-0.2, 0) is 12.8 Å². The van der Waals surface area contributed by atoms with E-state index in [1.54, 1.807) is 0 Å². The number of hydrogen-bond acceptors (Lipinski definition) is 3. The molecule has 5 nitrogen and oxygen atoms in total. The van der Waals surface area contributed by atoms with Gasteiger partial charge < -0.3 is 14.7 Å². The van der Waals surface area contributed by atoms with E-state index in [9.17, 15) is 4.79 Å². The number of likely N-dealkylation sites (tertiary alicyclic amines) is 1. The Labute approximate surface area is 143 Å². The van der Waals surface area contributed by atoms with Crippen molar-refractivity contribution >= 4 is 11.7 Å². The number of aryl methyl sites for hydroxylation is 2. The van der Waals surface area contributed by atoms with Crippen molar-refractivity contribution in [3.8, 4) is 0 Å². The topological polar surface area (TPSA) is 58.4 Å². The predicted molar refractivity (Wildman–Crippen MR) is 94.0 cm³/mol. The molecule has 1 aliphatic rings. The smallest absolute Gasteiger partial charge is 0.322 e. The Kier molecular flexibility index (Phi) is 5.18. The van der Waals surface area contributed by atoms with Gasteiger partial charge in [-0.2, -0.15) is 0 Å². The lowest BCUT2D eigenvalue weighted by molar-refractivity contribution is 0.204. The fraction of sp³-hybridized carbons (Fsp3) is 0.474. The highest BCUT2D eigenvalue weighted by molar-refractivity contribution is 5.89. The predicted octanol–water partition coefficient (Wildman–Crippen LogP) is 4.56. The molecule has 0 bridgehead atoms. The minimum absolute atomic E-state index is 0.00858. The first-order valence-corrected chi connectivity index (χ1v) is 8.83. The van der Waals surface area contributed by atoms with Crippen molar-refractivity contribution in [2.45, 2.75) is 52.0 Å². The maximum atomic E-state index is 12.6. The molecule has 2 amide bonds. The van der Waals surface area contributed by atoms with Crippen LogP contribution in [0.1, 0.15) is 56.2 Å². The number of rotatable bonds is 5. The molecule has 0 spiro atoms. The van der Waals surface area contributed by atoms with E-state index in [2.05, 4.69) is 24.3 Å². The Morgan fingerprint density at radius 3 is 2.83 bits per heavy atom. The third kappa shape index (κ3) is 3.61. The molecule has 1 unspecified atom stereocenters. The van der Waals surface area contributed by atoms with Gasteiger partial charge in [-0.1, -0.05) is 31.1 Å². The summed E-state index contributed by atoms with van der Waals surface area (Å²) in [6, 6.07) is 9.94. The van der Waals surface area contributed by atoms with E-state index in [0.29, 0.717) is 0 Å². The first-order valence-electron chi connectivity index (χ1n) is 8.83. The van der Waals surface area contributed by atoms with Crippen LogP contribution in [0.4, 0.5) is 10.5 Å². The summed E-state index contributed by atoms with van der Waals surface area (Å²) < 4.78 is 5.38. The SMILES string of the molecule is CCCc1cc(C2CCCN2C(=O)Nc2ccc(CC)cc2)no1. The second kappa shape index (κ2) is 7.51. The molecule has 2 aromatic rings. The van der Waals surface area contributed by atoms with Crippen molar-refractivity contribution in [1.29, 1.82) is 0 Å². The summed E-state index contributed by atoms with van der Waals surface area (Å²) in [7, 11) is 0. The number of nitrogens with zero attached hydrogens (tertiary/aromatic N) is 2. The molecule has 3 rings (SSSR count). The summed E-state index contributed by atoms with van der Waals surface area (Å²) in [4.78, 5) is 14.5. The number of benzene rings is 1. The molecule has 1 aliphatic heterocycles. The Hall–Kier alpha value is -2.30. The third-order valence-corrected chi connectivity index (χ3v) is 4.54. The molecule has 128 valence electrons. The number of amides is 2. The molecule has 1 aromatic heterocycles. The highest BCUT2D eigenvalue weighted by Crippen LogP contribution is 2.32. The molecule has 0 radical (unpaired) electrons. The van der Waals surface area contributed by atoms with E-state index in [4.69, 9.17) is 4.52 Å². The van der Waals surface area contributed by atoms with Gasteiger partial charge >= 0.3 is 6.03 Å². The largest absolute Gasteiger partial charge is 0.361 e. The molecule has 1 saturated heterocycles. The fourth-order valence-electron chi connectivity index (χ4n) is 3.19. The first-order chi connectivity index (χ1) is 11.7. The number of carbonyl (C=O) groups is 1. The van der Waals surface area contributed by atoms with Gasteiger partial charge in [0.05, 0.1) is 6.04 Å². The van der Waals surface area contributed by atoms with E-state index in [1.807, 2.05) is 35.2 Å². The minimum atomic E-state index is -0.0678. The molecule has 1 fully saturated rings. The quantitative estimate of drug-likeness (QED) is 0.876. The second-order valence-electron chi connectivity index (χ2n) is 6.30. The van der Waals surface area contributed by atoms with Crippen LogP contribution < -0.4 is 5.32 Å². The van der Waals surface area contributed by atoms with Gasteiger partial charge in [0.2, 0.25) is 0 Å². The van der Waals surface area contributed by atoms with Crippen LogP contribution >= 0.6 is 0 Å². The normalized spacial score (nSPS) is 17.2. The van der Waals surface area contributed by atoms with Crippen LogP contribution in [0.5, 0.6) is 0 Å². The zero-order chi connectivity index (χ0) is 16.9. The van der Waals surface area contributed by atoms with E-state index >= 15 is 0 Å². The molecule has 5 heteroatoms.